The van der Waals surface area contributed by atoms with E-state index in [0.717, 1.165) is 57.9 Å². The number of benzene rings is 1. The van der Waals surface area contributed by atoms with Crippen molar-refractivity contribution in [2.75, 3.05) is 18.4 Å². The van der Waals surface area contributed by atoms with E-state index < -0.39 is 0 Å². The van der Waals surface area contributed by atoms with Crippen molar-refractivity contribution in [3.05, 3.63) is 64.1 Å². The normalized spacial score (nSPS) is 16.0. The highest BCUT2D eigenvalue weighted by Crippen LogP contribution is 2.31. The smallest absolute Gasteiger partial charge is 0.275 e. The van der Waals surface area contributed by atoms with Crippen molar-refractivity contribution in [3.63, 3.8) is 0 Å². The molecule has 33 heavy (non-hydrogen) atoms. The highest BCUT2D eigenvalue weighted by atomic mass is 32.1. The van der Waals surface area contributed by atoms with Gasteiger partial charge in [0.1, 0.15) is 0 Å². The lowest BCUT2D eigenvalue weighted by Crippen LogP contribution is -2.29. The molecule has 0 bridgehead atoms. The number of nitrogens with one attached hydrogen (secondary N) is 2. The van der Waals surface area contributed by atoms with E-state index >= 15 is 0 Å². The summed E-state index contributed by atoms with van der Waals surface area (Å²) >= 11 is 1.70. The van der Waals surface area contributed by atoms with Crippen molar-refractivity contribution in [2.24, 2.45) is 0 Å². The number of anilines is 2. The molecular weight excluding hydrogens is 432 g/mol. The van der Waals surface area contributed by atoms with Crippen LogP contribution < -0.4 is 5.32 Å². The average molecular weight is 461 g/mol. The third-order valence-electron chi connectivity index (χ3n) is 6.09. The van der Waals surface area contributed by atoms with Gasteiger partial charge >= 0.3 is 0 Å². The minimum Gasteiger partial charge on any atom is -0.337 e. The molecular formula is C25H28N6OS. The number of aromatic nitrogens is 4. The summed E-state index contributed by atoms with van der Waals surface area (Å²) < 4.78 is 0. The number of pyridine rings is 1. The van der Waals surface area contributed by atoms with Crippen LogP contribution in [0.4, 0.5) is 10.8 Å². The Labute approximate surface area is 197 Å². The Bertz CT molecular complexity index is 1310. The molecule has 1 unspecified atom stereocenters. The molecule has 0 aliphatic carbocycles. The fraction of sp³-hybridized carbons (Fsp3) is 0.360. The van der Waals surface area contributed by atoms with Crippen LogP contribution in [-0.4, -0.2) is 44.1 Å². The van der Waals surface area contributed by atoms with Crippen LogP contribution in [0.25, 0.3) is 10.9 Å². The second kappa shape index (κ2) is 8.94. The van der Waals surface area contributed by atoms with Gasteiger partial charge in [-0.15, -0.1) is 11.3 Å². The second-order valence-electron chi connectivity index (χ2n) is 8.79. The molecule has 7 nitrogen and oxygen atoms in total. The van der Waals surface area contributed by atoms with Crippen LogP contribution in [0.5, 0.6) is 0 Å². The van der Waals surface area contributed by atoms with Crippen LogP contribution in [0.1, 0.15) is 58.0 Å². The summed E-state index contributed by atoms with van der Waals surface area (Å²) in [6.45, 7) is 7.56. The lowest BCUT2D eigenvalue weighted by molar-refractivity contribution is 0.0786. The molecule has 170 valence electrons. The van der Waals surface area contributed by atoms with Gasteiger partial charge in [0.15, 0.2) is 10.8 Å². The zero-order valence-electron chi connectivity index (χ0n) is 19.2. The fourth-order valence-corrected chi connectivity index (χ4v) is 5.39. The molecule has 1 fully saturated rings. The fourth-order valence-electron chi connectivity index (χ4n) is 4.45. The van der Waals surface area contributed by atoms with Crippen molar-refractivity contribution in [2.45, 2.75) is 46.0 Å². The number of hydrogen-bond acceptors (Lipinski definition) is 6. The van der Waals surface area contributed by atoms with Crippen molar-refractivity contribution in [1.29, 1.82) is 0 Å². The van der Waals surface area contributed by atoms with E-state index in [-0.39, 0.29) is 11.8 Å². The molecule has 3 aromatic heterocycles. The number of carbonyl (C=O) groups is 1. The number of rotatable bonds is 6. The Balaban J connectivity index is 1.32. The first-order valence-electron chi connectivity index (χ1n) is 11.4. The molecule has 5 rings (SSSR count). The summed E-state index contributed by atoms with van der Waals surface area (Å²) in [7, 11) is 0. The largest absolute Gasteiger partial charge is 0.337 e. The Morgan fingerprint density at radius 3 is 3.00 bits per heavy atom. The van der Waals surface area contributed by atoms with E-state index in [1.54, 1.807) is 11.3 Å². The van der Waals surface area contributed by atoms with Crippen molar-refractivity contribution < 1.29 is 4.79 Å². The molecule has 2 N–H and O–H groups in total. The third kappa shape index (κ3) is 4.48. The molecule has 1 amide bonds. The first kappa shape index (κ1) is 21.6. The van der Waals surface area contributed by atoms with Gasteiger partial charge in [-0.1, -0.05) is 25.0 Å². The first-order chi connectivity index (χ1) is 16.0. The summed E-state index contributed by atoms with van der Waals surface area (Å²) in [6.07, 6.45) is 5.01. The predicted octanol–water partition coefficient (Wildman–Crippen LogP) is 5.36. The number of hydrogen-bond donors (Lipinski definition) is 2. The molecule has 1 aliphatic rings. The molecule has 1 saturated heterocycles. The van der Waals surface area contributed by atoms with Gasteiger partial charge in [0, 0.05) is 52.5 Å². The number of aromatic amines is 1. The number of nitrogens with zero attached hydrogens (tertiary/aromatic N) is 4. The molecule has 1 aromatic carbocycles. The maximum atomic E-state index is 13.2. The number of thiazole rings is 1. The molecule has 1 atom stereocenters. The monoisotopic (exact) mass is 460 g/mol. The maximum Gasteiger partial charge on any atom is 0.275 e. The van der Waals surface area contributed by atoms with E-state index in [9.17, 15) is 4.79 Å². The van der Waals surface area contributed by atoms with Crippen molar-refractivity contribution in [1.82, 2.24) is 25.1 Å². The lowest BCUT2D eigenvalue weighted by Gasteiger charge is -2.16. The Morgan fingerprint density at radius 1 is 1.27 bits per heavy atom. The van der Waals surface area contributed by atoms with Crippen LogP contribution in [0.3, 0.4) is 0 Å². The lowest BCUT2D eigenvalue weighted by atomic mass is 10.0. The molecule has 4 heterocycles. The van der Waals surface area contributed by atoms with Crippen LogP contribution in [-0.2, 0) is 6.42 Å². The van der Waals surface area contributed by atoms with Gasteiger partial charge in [-0.25, -0.2) is 4.98 Å². The second-order valence-corrected chi connectivity index (χ2v) is 9.90. The standard InChI is InChI=1S/C25H28N6OS/c1-4-5-19-13-26-25(33-19)28-18-11-16(3)27-22(12-18)17-8-9-31(14-17)24(32)23-20-10-15(2)6-7-21(20)29-30-23/h6-7,10-13,17H,4-5,8-9,14H2,1-3H3,(H,29,30)(H,26,27,28). The summed E-state index contributed by atoms with van der Waals surface area (Å²) in [4.78, 5) is 25.7. The highest BCUT2D eigenvalue weighted by molar-refractivity contribution is 7.15. The summed E-state index contributed by atoms with van der Waals surface area (Å²) in [6, 6.07) is 10.1. The van der Waals surface area contributed by atoms with E-state index in [4.69, 9.17) is 4.98 Å². The van der Waals surface area contributed by atoms with Crippen LogP contribution >= 0.6 is 11.3 Å². The summed E-state index contributed by atoms with van der Waals surface area (Å²) in [5.74, 6) is 0.180. The SMILES string of the molecule is CCCc1cnc(Nc2cc(C)nc(C3CCN(C(=O)c4n[nH]c5ccc(C)cc45)C3)c2)s1. The zero-order valence-corrected chi connectivity index (χ0v) is 20.0. The molecule has 1 aliphatic heterocycles. The molecule has 0 radical (unpaired) electrons. The van der Waals surface area contributed by atoms with E-state index in [1.807, 2.05) is 49.2 Å². The Kier molecular flexibility index (Phi) is 5.85. The van der Waals surface area contributed by atoms with Crippen LogP contribution in [0, 0.1) is 13.8 Å². The third-order valence-corrected chi connectivity index (χ3v) is 7.06. The number of likely N-dealkylation sites (tertiary alicyclic amines) is 1. The average Bonchev–Trinajstić information content (AvgIpc) is 3.53. The minimum absolute atomic E-state index is 0.0217. The predicted molar refractivity (Wildman–Crippen MR) is 132 cm³/mol. The van der Waals surface area contributed by atoms with Gasteiger partial charge in [-0.2, -0.15) is 5.10 Å². The van der Waals surface area contributed by atoms with Gasteiger partial charge in [-0.3, -0.25) is 14.9 Å². The van der Waals surface area contributed by atoms with Crippen LogP contribution in [0.15, 0.2) is 36.5 Å². The van der Waals surface area contributed by atoms with Gasteiger partial charge in [0.2, 0.25) is 0 Å². The van der Waals surface area contributed by atoms with E-state index in [0.29, 0.717) is 18.8 Å². The topological polar surface area (TPSA) is 86.8 Å². The van der Waals surface area contributed by atoms with E-state index in [1.165, 1.54) is 4.88 Å². The Morgan fingerprint density at radius 2 is 2.15 bits per heavy atom. The number of fused-ring (bicyclic) bond motifs is 1. The van der Waals surface area contributed by atoms with Gasteiger partial charge in [-0.05, 0) is 51.0 Å². The van der Waals surface area contributed by atoms with E-state index in [2.05, 4.69) is 33.5 Å². The Hall–Kier alpha value is -3.26. The molecule has 0 saturated carbocycles. The van der Waals surface area contributed by atoms with Crippen molar-refractivity contribution >= 4 is 39.0 Å². The summed E-state index contributed by atoms with van der Waals surface area (Å²) in [5.41, 5.74) is 5.47. The highest BCUT2D eigenvalue weighted by Gasteiger charge is 2.31. The summed E-state index contributed by atoms with van der Waals surface area (Å²) in [5, 5.41) is 12.5. The minimum atomic E-state index is -0.0217. The van der Waals surface area contributed by atoms with Gasteiger partial charge < -0.3 is 10.2 Å². The molecule has 4 aromatic rings. The zero-order chi connectivity index (χ0) is 22.9. The maximum absolute atomic E-state index is 13.2. The van der Waals surface area contributed by atoms with Crippen molar-refractivity contribution in [3.8, 4) is 0 Å². The number of amides is 1. The number of carbonyl (C=O) groups excluding carboxylic acids is 1. The quantitative estimate of drug-likeness (QED) is 0.405. The number of H-pyrrole nitrogens is 1. The van der Waals surface area contributed by atoms with Gasteiger partial charge in [0.25, 0.3) is 5.91 Å². The van der Waals surface area contributed by atoms with Gasteiger partial charge in [0.05, 0.1) is 5.52 Å². The first-order valence-corrected chi connectivity index (χ1v) is 12.3. The molecule has 0 spiro atoms. The molecule has 8 heteroatoms. The number of aryl methyl sites for hydroxylation is 3. The van der Waals surface area contributed by atoms with Crippen LogP contribution in [0.2, 0.25) is 0 Å².